The normalized spacial score (nSPS) is 24.7. The molecule has 6 heteroatoms. The van der Waals surface area contributed by atoms with E-state index in [4.69, 9.17) is 9.47 Å². The summed E-state index contributed by atoms with van der Waals surface area (Å²) in [5, 5.41) is 14.1. The summed E-state index contributed by atoms with van der Waals surface area (Å²) < 4.78 is 10.3. The van der Waals surface area contributed by atoms with Crippen molar-refractivity contribution in [2.45, 2.75) is 32.1 Å². The third kappa shape index (κ3) is 3.18. The molecule has 2 aliphatic rings. The zero-order chi connectivity index (χ0) is 17.3. The maximum atomic E-state index is 12.4. The molecule has 0 saturated heterocycles. The largest absolute Gasteiger partial charge is 0.545 e. The smallest absolute Gasteiger partial charge is 0.224 e. The Kier molecular flexibility index (Phi) is 4.64. The molecule has 2 fully saturated rings. The Labute approximate surface area is 141 Å². The highest BCUT2D eigenvalue weighted by molar-refractivity contribution is 6.00. The van der Waals surface area contributed by atoms with E-state index in [0.29, 0.717) is 24.0 Å². The summed E-state index contributed by atoms with van der Waals surface area (Å²) in [4.78, 5) is 23.7. The first-order valence-corrected chi connectivity index (χ1v) is 8.29. The Hall–Kier alpha value is -2.24. The van der Waals surface area contributed by atoms with Crippen molar-refractivity contribution in [2.75, 3.05) is 19.5 Å². The number of carboxylic acid groups (broad SMARTS) is 1. The molecule has 2 saturated carbocycles. The SMILES string of the molecule is COc1cc(NC(=O)C[C@H]2C[C@@H]3CC[C@H]2C3)c(C(=O)[O-])cc1OC. The van der Waals surface area contributed by atoms with Gasteiger partial charge in [-0.1, -0.05) is 6.42 Å². The lowest BCUT2D eigenvalue weighted by Crippen LogP contribution is -2.26. The number of carboxylic acids is 1. The number of hydrogen-bond acceptors (Lipinski definition) is 5. The van der Waals surface area contributed by atoms with Crippen molar-refractivity contribution < 1.29 is 24.2 Å². The summed E-state index contributed by atoms with van der Waals surface area (Å²) >= 11 is 0. The van der Waals surface area contributed by atoms with Gasteiger partial charge in [0, 0.05) is 18.1 Å². The van der Waals surface area contributed by atoms with Crippen molar-refractivity contribution >= 4 is 17.6 Å². The second kappa shape index (κ2) is 6.71. The van der Waals surface area contributed by atoms with Crippen molar-refractivity contribution in [1.29, 1.82) is 0 Å². The zero-order valence-corrected chi connectivity index (χ0v) is 14.0. The number of methoxy groups -OCH3 is 2. The molecule has 3 rings (SSSR count). The van der Waals surface area contributed by atoms with E-state index in [-0.39, 0.29) is 22.9 Å². The monoisotopic (exact) mass is 332 g/mol. The number of fused-ring (bicyclic) bond motifs is 2. The predicted octanol–water partition coefficient (Wildman–Crippen LogP) is 1.83. The Morgan fingerprint density at radius 3 is 2.42 bits per heavy atom. The van der Waals surface area contributed by atoms with Gasteiger partial charge in [0.15, 0.2) is 11.5 Å². The molecule has 1 aromatic carbocycles. The number of benzene rings is 1. The van der Waals surface area contributed by atoms with Crippen LogP contribution in [-0.4, -0.2) is 26.1 Å². The van der Waals surface area contributed by atoms with Crippen LogP contribution >= 0.6 is 0 Å². The van der Waals surface area contributed by atoms with E-state index in [1.165, 1.54) is 45.6 Å². The van der Waals surface area contributed by atoms with Gasteiger partial charge in [0.1, 0.15) is 0 Å². The van der Waals surface area contributed by atoms with Crippen LogP contribution < -0.4 is 19.9 Å². The molecule has 3 atom stereocenters. The number of ether oxygens (including phenoxy) is 2. The average Bonchev–Trinajstić information content (AvgIpc) is 3.16. The Balaban J connectivity index is 1.75. The van der Waals surface area contributed by atoms with Gasteiger partial charge in [0.05, 0.1) is 25.9 Å². The van der Waals surface area contributed by atoms with Crippen LogP contribution in [0.4, 0.5) is 5.69 Å². The Morgan fingerprint density at radius 2 is 1.88 bits per heavy atom. The summed E-state index contributed by atoms with van der Waals surface area (Å²) in [5.74, 6) is 0.934. The highest BCUT2D eigenvalue weighted by Gasteiger charge is 2.40. The minimum Gasteiger partial charge on any atom is -0.545 e. The fraction of sp³-hybridized carbons (Fsp3) is 0.556. The van der Waals surface area contributed by atoms with Gasteiger partial charge in [-0.3, -0.25) is 4.79 Å². The van der Waals surface area contributed by atoms with Gasteiger partial charge in [-0.05, 0) is 43.1 Å². The van der Waals surface area contributed by atoms with Crippen LogP contribution in [0.3, 0.4) is 0 Å². The summed E-state index contributed by atoms with van der Waals surface area (Å²) in [6, 6.07) is 2.77. The van der Waals surface area contributed by atoms with Gasteiger partial charge in [0.25, 0.3) is 0 Å². The van der Waals surface area contributed by atoms with E-state index < -0.39 is 5.97 Å². The number of nitrogens with one attached hydrogen (secondary N) is 1. The lowest BCUT2D eigenvalue weighted by molar-refractivity contribution is -0.254. The standard InChI is InChI=1S/C18H23NO5/c1-23-15-8-13(18(21)22)14(9-16(15)24-2)19-17(20)7-12-6-10-3-4-11(12)5-10/h8-12H,3-7H2,1-2H3,(H,19,20)(H,21,22)/p-1/t10-,11+,12-/m1/s1. The molecule has 1 amide bonds. The van der Waals surface area contributed by atoms with Crippen LogP contribution in [0.25, 0.3) is 0 Å². The van der Waals surface area contributed by atoms with Crippen LogP contribution in [-0.2, 0) is 4.79 Å². The first-order chi connectivity index (χ1) is 11.5. The fourth-order valence-electron chi connectivity index (χ4n) is 4.22. The molecule has 2 bridgehead atoms. The van der Waals surface area contributed by atoms with Gasteiger partial charge in [-0.15, -0.1) is 0 Å². The third-order valence-corrected chi connectivity index (χ3v) is 5.35. The number of hydrogen-bond donors (Lipinski definition) is 1. The predicted molar refractivity (Wildman–Crippen MR) is 86.1 cm³/mol. The average molecular weight is 332 g/mol. The van der Waals surface area contributed by atoms with Crippen LogP contribution in [0.15, 0.2) is 12.1 Å². The first-order valence-electron chi connectivity index (χ1n) is 8.29. The van der Waals surface area contributed by atoms with E-state index in [1.54, 1.807) is 0 Å². The second-order valence-electron chi connectivity index (χ2n) is 6.73. The van der Waals surface area contributed by atoms with Crippen molar-refractivity contribution in [3.05, 3.63) is 17.7 Å². The number of carbonyl (C=O) groups excluding carboxylic acids is 2. The van der Waals surface area contributed by atoms with Crippen LogP contribution in [0, 0.1) is 17.8 Å². The molecule has 1 N–H and O–H groups in total. The Morgan fingerprint density at radius 1 is 1.17 bits per heavy atom. The van der Waals surface area contributed by atoms with Crippen molar-refractivity contribution in [3.8, 4) is 11.5 Å². The van der Waals surface area contributed by atoms with E-state index >= 15 is 0 Å². The molecule has 0 spiro atoms. The molecule has 0 radical (unpaired) electrons. The van der Waals surface area contributed by atoms with Gasteiger partial charge in [0.2, 0.25) is 5.91 Å². The van der Waals surface area contributed by atoms with Gasteiger partial charge < -0.3 is 24.7 Å². The lowest BCUT2D eigenvalue weighted by atomic mass is 9.86. The van der Waals surface area contributed by atoms with Crippen LogP contribution in [0.5, 0.6) is 11.5 Å². The lowest BCUT2D eigenvalue weighted by Gasteiger charge is -2.22. The number of rotatable bonds is 6. The van der Waals surface area contributed by atoms with Gasteiger partial charge >= 0.3 is 0 Å². The van der Waals surface area contributed by atoms with Gasteiger partial charge in [-0.2, -0.15) is 0 Å². The zero-order valence-electron chi connectivity index (χ0n) is 14.0. The van der Waals surface area contributed by atoms with E-state index in [1.807, 2.05) is 0 Å². The molecule has 2 aliphatic carbocycles. The van der Waals surface area contributed by atoms with Crippen LogP contribution in [0.1, 0.15) is 42.5 Å². The first kappa shape index (κ1) is 16.6. The molecule has 0 heterocycles. The molecular formula is C18H22NO5-. The van der Waals surface area contributed by atoms with E-state index in [0.717, 1.165) is 12.3 Å². The van der Waals surface area contributed by atoms with E-state index in [9.17, 15) is 14.7 Å². The summed E-state index contributed by atoms with van der Waals surface area (Å²) in [5.41, 5.74) is 0.0646. The van der Waals surface area contributed by atoms with Gasteiger partial charge in [-0.25, -0.2) is 0 Å². The van der Waals surface area contributed by atoms with Crippen LogP contribution in [0.2, 0.25) is 0 Å². The highest BCUT2D eigenvalue weighted by atomic mass is 16.5. The maximum Gasteiger partial charge on any atom is 0.224 e. The minimum atomic E-state index is -1.37. The molecule has 24 heavy (non-hydrogen) atoms. The molecule has 0 aliphatic heterocycles. The molecule has 0 unspecified atom stereocenters. The van der Waals surface area contributed by atoms with Crippen molar-refractivity contribution in [2.24, 2.45) is 17.8 Å². The topological polar surface area (TPSA) is 87.7 Å². The number of anilines is 1. The van der Waals surface area contributed by atoms with E-state index in [2.05, 4.69) is 5.32 Å². The maximum absolute atomic E-state index is 12.4. The summed E-state index contributed by atoms with van der Waals surface area (Å²) in [7, 11) is 2.88. The number of carbonyl (C=O) groups is 2. The highest BCUT2D eigenvalue weighted by Crippen LogP contribution is 2.49. The fourth-order valence-corrected chi connectivity index (χ4v) is 4.22. The molecule has 6 nitrogen and oxygen atoms in total. The third-order valence-electron chi connectivity index (χ3n) is 5.35. The molecule has 1 aromatic rings. The Bertz CT molecular complexity index is 657. The number of aromatic carboxylic acids is 1. The van der Waals surface area contributed by atoms with Crippen molar-refractivity contribution in [1.82, 2.24) is 0 Å². The molecule has 0 aromatic heterocycles. The minimum absolute atomic E-state index is 0.117. The summed E-state index contributed by atoms with van der Waals surface area (Å²) in [6.07, 6.45) is 5.27. The quantitative estimate of drug-likeness (QED) is 0.859. The second-order valence-corrected chi connectivity index (χ2v) is 6.73. The number of amides is 1. The summed E-state index contributed by atoms with van der Waals surface area (Å²) in [6.45, 7) is 0. The molecule has 130 valence electrons. The molecular weight excluding hydrogens is 310 g/mol. The van der Waals surface area contributed by atoms with Crippen molar-refractivity contribution in [3.63, 3.8) is 0 Å².